The Morgan fingerprint density at radius 2 is 1.13 bits per heavy atom. The maximum absolute atomic E-state index is 12.1. The van der Waals surface area contributed by atoms with E-state index in [1.807, 2.05) is 30.3 Å². The van der Waals surface area contributed by atoms with E-state index in [0.717, 1.165) is 44.8 Å². The summed E-state index contributed by atoms with van der Waals surface area (Å²) in [4.78, 5) is 7.05. The van der Waals surface area contributed by atoms with Gasteiger partial charge in [0, 0.05) is 26.3 Å². The molecule has 0 aliphatic heterocycles. The van der Waals surface area contributed by atoms with Gasteiger partial charge in [0.1, 0.15) is 5.82 Å². The van der Waals surface area contributed by atoms with E-state index < -0.39 is 12.0 Å². The number of halogens is 3. The number of para-hydroxylation sites is 5. The van der Waals surface area contributed by atoms with Crippen LogP contribution in [0.2, 0.25) is 0 Å². The Kier molecular flexibility index (Phi) is 12.8. The first kappa shape index (κ1) is 42.1. The van der Waals surface area contributed by atoms with Crippen molar-refractivity contribution in [2.24, 2.45) is 0 Å². The van der Waals surface area contributed by atoms with Crippen LogP contribution < -0.4 is 14.2 Å². The summed E-state index contributed by atoms with van der Waals surface area (Å²) >= 11 is 0. The molecule has 6 aromatic carbocycles. The van der Waals surface area contributed by atoms with Crippen molar-refractivity contribution in [3.63, 3.8) is 0 Å². The van der Waals surface area contributed by atoms with Gasteiger partial charge in [0.15, 0.2) is 0 Å². The number of alkyl halides is 3. The molecule has 0 spiro atoms. The van der Waals surface area contributed by atoms with Crippen molar-refractivity contribution in [1.82, 2.24) is 29.3 Å². The van der Waals surface area contributed by atoms with Crippen molar-refractivity contribution < 1.29 is 42.4 Å². The quantitative estimate of drug-likeness (QED) is 0.127. The fourth-order valence-electron chi connectivity index (χ4n) is 6.57. The van der Waals surface area contributed by atoms with Gasteiger partial charge in [-0.15, -0.1) is 0 Å². The van der Waals surface area contributed by atoms with Gasteiger partial charge >= 0.3 is 6.18 Å². The zero-order chi connectivity index (χ0) is 41.6. The molecule has 0 N–H and O–H groups in total. The summed E-state index contributed by atoms with van der Waals surface area (Å²) in [5, 5.41) is 6.25. The first-order chi connectivity index (χ1) is 29.1. The molecule has 1 radical (unpaired) electrons. The topological polar surface area (TPSA) is 70.4 Å². The normalized spacial score (nSPS) is 11.0. The molecule has 0 fully saturated rings. The molecule has 10 rings (SSSR count). The molecule has 4 aromatic heterocycles. The first-order valence-electron chi connectivity index (χ1n) is 19.0. The SMILES string of the molecule is Cc1cc[c-]c(-n2[c-][n+](-c3cccc(C)c3)c3ccccc32)c1.Cc1cccc(-[n+]2[c-]n(-c3[c-]cccc3)c3ccccc32)c1.FC(F)(F)c1n[n-]c(-c2ccccn2)n1.[Ir]. The summed E-state index contributed by atoms with van der Waals surface area (Å²) in [7, 11) is 0. The Bertz CT molecular complexity index is 2950. The van der Waals surface area contributed by atoms with E-state index in [-0.39, 0.29) is 31.6 Å². The molecule has 4 heterocycles. The molecule has 61 heavy (non-hydrogen) atoms. The van der Waals surface area contributed by atoms with Gasteiger partial charge < -0.3 is 19.2 Å². The molecular formula is C49H36F3IrN8-3. The summed E-state index contributed by atoms with van der Waals surface area (Å²) in [5.41, 5.74) is 12.7. The molecule has 10 aromatic rings. The van der Waals surface area contributed by atoms with Gasteiger partial charge in [-0.3, -0.25) is 19.2 Å². The molecular weight excluding hydrogens is 950 g/mol. The number of aromatic nitrogens is 8. The van der Waals surface area contributed by atoms with Crippen LogP contribution in [0.1, 0.15) is 22.5 Å². The van der Waals surface area contributed by atoms with Crippen molar-refractivity contribution in [3.8, 4) is 34.3 Å². The third-order valence-corrected chi connectivity index (χ3v) is 9.36. The summed E-state index contributed by atoms with van der Waals surface area (Å²) in [5.74, 6) is -1.37. The van der Waals surface area contributed by atoms with Crippen LogP contribution in [0.3, 0.4) is 0 Å². The second-order valence-corrected chi connectivity index (χ2v) is 13.9. The third kappa shape index (κ3) is 9.57. The predicted octanol–water partition coefficient (Wildman–Crippen LogP) is 9.45. The number of hydrogen-bond acceptors (Lipinski definition) is 3. The van der Waals surface area contributed by atoms with Crippen LogP contribution >= 0.6 is 0 Å². The molecule has 305 valence electrons. The van der Waals surface area contributed by atoms with Crippen molar-refractivity contribution in [2.75, 3.05) is 0 Å². The Morgan fingerprint density at radius 3 is 1.66 bits per heavy atom. The van der Waals surface area contributed by atoms with Crippen molar-refractivity contribution in [1.29, 1.82) is 0 Å². The van der Waals surface area contributed by atoms with Crippen molar-refractivity contribution in [2.45, 2.75) is 26.9 Å². The average Bonchev–Trinajstić information content (AvgIpc) is 4.02. The Hall–Kier alpha value is -7.01. The Labute approximate surface area is 364 Å². The van der Waals surface area contributed by atoms with Crippen LogP contribution in [0, 0.1) is 45.6 Å². The number of pyridine rings is 1. The molecule has 0 amide bonds. The van der Waals surface area contributed by atoms with Crippen LogP contribution in [0.25, 0.3) is 56.3 Å². The zero-order valence-corrected chi connectivity index (χ0v) is 35.5. The van der Waals surface area contributed by atoms with Crippen molar-refractivity contribution >= 4 is 22.1 Å². The third-order valence-electron chi connectivity index (χ3n) is 9.36. The van der Waals surface area contributed by atoms with Gasteiger partial charge in [0.05, 0.1) is 39.1 Å². The Balaban J connectivity index is 0.000000140. The van der Waals surface area contributed by atoms with Gasteiger partial charge in [-0.05, 0) is 67.4 Å². The zero-order valence-electron chi connectivity index (χ0n) is 33.1. The molecule has 12 heteroatoms. The average molecular weight is 986 g/mol. The molecule has 0 bridgehead atoms. The van der Waals surface area contributed by atoms with Crippen LogP contribution in [-0.4, -0.2) is 24.2 Å². The predicted molar refractivity (Wildman–Crippen MR) is 223 cm³/mol. The minimum absolute atomic E-state index is 0. The van der Waals surface area contributed by atoms with Crippen LogP contribution in [-0.2, 0) is 26.3 Å². The molecule has 0 saturated carbocycles. The maximum Gasteiger partial charge on any atom is 0.429 e. The molecule has 0 atom stereocenters. The minimum Gasteiger partial charge on any atom is -0.413 e. The fourth-order valence-corrected chi connectivity index (χ4v) is 6.57. The largest absolute Gasteiger partial charge is 0.429 e. The number of hydrogen-bond donors (Lipinski definition) is 0. The van der Waals surface area contributed by atoms with E-state index in [4.69, 9.17) is 0 Å². The minimum atomic E-state index is -4.57. The second-order valence-electron chi connectivity index (χ2n) is 13.9. The van der Waals surface area contributed by atoms with Crippen LogP contribution in [0.5, 0.6) is 0 Å². The van der Waals surface area contributed by atoms with E-state index in [2.05, 4.69) is 193 Å². The number of aryl methyl sites for hydroxylation is 3. The summed E-state index contributed by atoms with van der Waals surface area (Å²) < 4.78 is 44.7. The van der Waals surface area contributed by atoms with Crippen molar-refractivity contribution in [3.05, 3.63) is 211 Å². The van der Waals surface area contributed by atoms with E-state index in [9.17, 15) is 13.2 Å². The van der Waals surface area contributed by atoms with Gasteiger partial charge in [0.2, 0.25) is 0 Å². The molecule has 0 saturated heterocycles. The van der Waals surface area contributed by atoms with Gasteiger partial charge in [-0.25, -0.2) is 0 Å². The fraction of sp³-hybridized carbons (Fsp3) is 0.0816. The molecule has 0 unspecified atom stereocenters. The number of nitrogens with zero attached hydrogens (tertiary/aromatic N) is 8. The Morgan fingerprint density at radius 1 is 0.574 bits per heavy atom. The van der Waals surface area contributed by atoms with E-state index in [0.29, 0.717) is 0 Å². The molecule has 0 aliphatic rings. The molecule has 8 nitrogen and oxygen atoms in total. The summed E-state index contributed by atoms with van der Waals surface area (Å²) in [6.45, 7) is 6.31. The van der Waals surface area contributed by atoms with Gasteiger partial charge in [-0.1, -0.05) is 96.9 Å². The van der Waals surface area contributed by atoms with E-state index >= 15 is 0 Å². The second kappa shape index (κ2) is 18.5. The van der Waals surface area contributed by atoms with Crippen LogP contribution in [0.4, 0.5) is 13.2 Å². The smallest absolute Gasteiger partial charge is 0.413 e. The monoisotopic (exact) mass is 986 g/mol. The number of fused-ring (bicyclic) bond motifs is 2. The molecule has 0 aliphatic carbocycles. The van der Waals surface area contributed by atoms with Gasteiger partial charge in [0.25, 0.3) is 12.7 Å². The maximum atomic E-state index is 12.1. The van der Waals surface area contributed by atoms with Crippen LogP contribution in [0.15, 0.2) is 164 Å². The summed E-state index contributed by atoms with van der Waals surface area (Å²) in [6.07, 6.45) is 3.80. The van der Waals surface area contributed by atoms with E-state index in [1.165, 1.54) is 29.0 Å². The summed E-state index contributed by atoms with van der Waals surface area (Å²) in [6, 6.07) is 59.1. The van der Waals surface area contributed by atoms with Gasteiger partial charge in [-0.2, -0.15) is 73.3 Å². The number of imidazole rings is 2. The standard InChI is InChI=1S/C21H17N2.C20H15N2.C8H4F3N4.Ir/c1-16-7-5-9-18(13-16)22-15-23(19-10-6-8-17(2)14-19)21-12-4-3-11-20(21)22;1-16-8-7-11-18(14-16)22-15-21(17-9-3-2-4-10-17)19-12-5-6-13-20(19)22;9-8(10,11)7-13-6(14-15-7)5-3-1-2-4-12-5;/h3-9,11-14H,1-2H3;2-9,11-14H,1H3;1-4H;/q3*-1;. The number of benzene rings is 6. The first-order valence-corrected chi connectivity index (χ1v) is 19.0. The number of rotatable bonds is 5. The van der Waals surface area contributed by atoms with E-state index in [1.54, 1.807) is 12.1 Å².